The summed E-state index contributed by atoms with van der Waals surface area (Å²) in [5.74, 6) is -5.48. The standard InChI is InChI=1S/C22H28O9/c1-21(14(9-16(23)24)18(25)28-3)7-5-13-19(26)31-15(12-6-8-30-11-12)10-22(13,2)17(21)20(27)29-4/h6,8,11,13-15,17H,5,7,9-10H2,1-4H3,(H,23,24)/t13-,14-,15-,17-,21-,22-/m0/s1. The first-order valence-corrected chi connectivity index (χ1v) is 10.2. The molecule has 0 amide bonds. The minimum Gasteiger partial charge on any atom is -0.481 e. The van der Waals surface area contributed by atoms with Crippen LogP contribution in [-0.2, 0) is 33.4 Å². The van der Waals surface area contributed by atoms with Gasteiger partial charge in [0.05, 0.1) is 50.9 Å². The van der Waals surface area contributed by atoms with Crippen LogP contribution in [0.2, 0.25) is 0 Å². The first-order chi connectivity index (χ1) is 14.6. The van der Waals surface area contributed by atoms with Crippen LogP contribution >= 0.6 is 0 Å². The maximum atomic E-state index is 13.2. The number of carbonyl (C=O) groups excluding carboxylic acids is 3. The van der Waals surface area contributed by atoms with E-state index in [1.165, 1.54) is 26.7 Å². The van der Waals surface area contributed by atoms with Gasteiger partial charge in [-0.25, -0.2) is 0 Å². The molecule has 1 N–H and O–H groups in total. The highest BCUT2D eigenvalue weighted by Gasteiger charge is 2.65. The number of carbonyl (C=O) groups is 4. The maximum absolute atomic E-state index is 13.2. The van der Waals surface area contributed by atoms with E-state index in [0.717, 1.165) is 0 Å². The number of carboxylic acid groups (broad SMARTS) is 1. The summed E-state index contributed by atoms with van der Waals surface area (Å²) < 4.78 is 20.8. The predicted molar refractivity (Wildman–Crippen MR) is 104 cm³/mol. The third-order valence-corrected chi connectivity index (χ3v) is 7.27. The van der Waals surface area contributed by atoms with Crippen molar-refractivity contribution in [2.24, 2.45) is 28.6 Å². The first kappa shape index (κ1) is 22.8. The van der Waals surface area contributed by atoms with Gasteiger partial charge in [0.2, 0.25) is 0 Å². The summed E-state index contributed by atoms with van der Waals surface area (Å²) in [5, 5.41) is 9.45. The van der Waals surface area contributed by atoms with Crippen LogP contribution in [0.4, 0.5) is 0 Å². The van der Waals surface area contributed by atoms with Crippen molar-refractivity contribution in [3.63, 3.8) is 0 Å². The molecule has 170 valence electrons. The number of aliphatic carboxylic acids is 1. The topological polar surface area (TPSA) is 129 Å². The van der Waals surface area contributed by atoms with Gasteiger partial charge in [-0.2, -0.15) is 0 Å². The second kappa shape index (κ2) is 8.36. The molecule has 0 bridgehead atoms. The molecule has 0 radical (unpaired) electrons. The van der Waals surface area contributed by atoms with Gasteiger partial charge in [-0.1, -0.05) is 13.8 Å². The largest absolute Gasteiger partial charge is 0.481 e. The van der Waals surface area contributed by atoms with Gasteiger partial charge in [0.1, 0.15) is 6.10 Å². The lowest BCUT2D eigenvalue weighted by atomic mass is 9.46. The molecule has 3 rings (SSSR count). The molecular weight excluding hydrogens is 408 g/mol. The van der Waals surface area contributed by atoms with Gasteiger partial charge < -0.3 is 23.7 Å². The van der Waals surface area contributed by atoms with Crippen molar-refractivity contribution < 1.29 is 42.9 Å². The Morgan fingerprint density at radius 3 is 2.52 bits per heavy atom. The zero-order valence-corrected chi connectivity index (χ0v) is 18.1. The van der Waals surface area contributed by atoms with Gasteiger partial charge in [0.25, 0.3) is 0 Å². The Kier molecular flexibility index (Phi) is 6.16. The van der Waals surface area contributed by atoms with E-state index in [4.69, 9.17) is 18.6 Å². The molecule has 9 nitrogen and oxygen atoms in total. The number of rotatable bonds is 6. The Labute approximate surface area is 180 Å². The molecule has 9 heteroatoms. The van der Waals surface area contributed by atoms with E-state index in [1.807, 2.05) is 6.92 Å². The van der Waals surface area contributed by atoms with Crippen molar-refractivity contribution in [2.45, 2.75) is 45.6 Å². The molecular formula is C22H28O9. The van der Waals surface area contributed by atoms with Crippen LogP contribution in [0.15, 0.2) is 23.0 Å². The van der Waals surface area contributed by atoms with Crippen molar-refractivity contribution in [3.8, 4) is 0 Å². The molecule has 2 fully saturated rings. The van der Waals surface area contributed by atoms with E-state index in [2.05, 4.69) is 0 Å². The third-order valence-electron chi connectivity index (χ3n) is 7.27. The number of fused-ring (bicyclic) bond motifs is 1. The second-order valence-corrected chi connectivity index (χ2v) is 8.92. The molecule has 1 saturated carbocycles. The summed E-state index contributed by atoms with van der Waals surface area (Å²) in [4.78, 5) is 50.3. The van der Waals surface area contributed by atoms with Crippen LogP contribution in [0.25, 0.3) is 0 Å². The van der Waals surface area contributed by atoms with Gasteiger partial charge in [0, 0.05) is 5.56 Å². The number of methoxy groups -OCH3 is 2. The molecule has 2 aliphatic rings. The Morgan fingerprint density at radius 1 is 1.26 bits per heavy atom. The van der Waals surface area contributed by atoms with E-state index in [9.17, 15) is 24.3 Å². The number of ether oxygens (including phenoxy) is 3. The fourth-order valence-corrected chi connectivity index (χ4v) is 5.77. The van der Waals surface area contributed by atoms with Crippen LogP contribution < -0.4 is 0 Å². The Hall–Kier alpha value is -2.84. The molecule has 1 aromatic heterocycles. The number of hydrogen-bond donors (Lipinski definition) is 1. The molecule has 1 aliphatic heterocycles. The zero-order chi connectivity index (χ0) is 23.0. The van der Waals surface area contributed by atoms with Crippen LogP contribution in [0, 0.1) is 28.6 Å². The number of carboxylic acids is 1. The molecule has 1 aromatic rings. The van der Waals surface area contributed by atoms with Crippen LogP contribution in [0.1, 0.15) is 51.2 Å². The first-order valence-electron chi connectivity index (χ1n) is 10.2. The van der Waals surface area contributed by atoms with E-state index in [-0.39, 0.29) is 6.42 Å². The van der Waals surface area contributed by atoms with Gasteiger partial charge in [-0.15, -0.1) is 0 Å². The number of furan rings is 1. The summed E-state index contributed by atoms with van der Waals surface area (Å²) in [7, 11) is 2.43. The normalized spacial score (nSPS) is 33.5. The quantitative estimate of drug-likeness (QED) is 0.528. The minimum absolute atomic E-state index is 0.269. The van der Waals surface area contributed by atoms with Crippen molar-refractivity contribution in [2.75, 3.05) is 14.2 Å². The summed E-state index contributed by atoms with van der Waals surface area (Å²) in [6.07, 6.45) is 2.76. The minimum atomic E-state index is -1.17. The van der Waals surface area contributed by atoms with Crippen molar-refractivity contribution in [1.29, 1.82) is 0 Å². The summed E-state index contributed by atoms with van der Waals surface area (Å²) in [5.41, 5.74) is -1.36. The predicted octanol–water partition coefficient (Wildman–Crippen LogP) is 2.74. The van der Waals surface area contributed by atoms with Crippen LogP contribution in [0.3, 0.4) is 0 Å². The molecule has 0 aromatic carbocycles. The number of esters is 3. The SMILES string of the molecule is COC(=O)[C@H]1[C@](C)([C@@H](CC(=O)O)C(=O)OC)CC[C@H]2C(=O)O[C@H](c3ccoc3)C[C@]12C. The van der Waals surface area contributed by atoms with E-state index in [0.29, 0.717) is 18.4 Å². The van der Waals surface area contributed by atoms with Gasteiger partial charge in [-0.05, 0) is 36.2 Å². The lowest BCUT2D eigenvalue weighted by Crippen LogP contribution is -2.60. The molecule has 1 aliphatic carbocycles. The third kappa shape index (κ3) is 3.81. The van der Waals surface area contributed by atoms with Crippen molar-refractivity contribution in [3.05, 3.63) is 24.2 Å². The summed E-state index contributed by atoms with van der Waals surface area (Å²) in [6, 6.07) is 1.69. The molecule has 2 heterocycles. The monoisotopic (exact) mass is 436 g/mol. The lowest BCUT2D eigenvalue weighted by Gasteiger charge is -2.57. The lowest BCUT2D eigenvalue weighted by molar-refractivity contribution is -0.206. The maximum Gasteiger partial charge on any atom is 0.310 e. The van der Waals surface area contributed by atoms with Crippen molar-refractivity contribution >= 4 is 23.9 Å². The highest BCUT2D eigenvalue weighted by Crippen LogP contribution is 2.63. The van der Waals surface area contributed by atoms with Gasteiger partial charge in [-0.3, -0.25) is 19.2 Å². The number of hydrogen-bond acceptors (Lipinski definition) is 8. The summed E-state index contributed by atoms with van der Waals surface area (Å²) >= 11 is 0. The highest BCUT2D eigenvalue weighted by atomic mass is 16.5. The van der Waals surface area contributed by atoms with E-state index in [1.54, 1.807) is 13.0 Å². The zero-order valence-electron chi connectivity index (χ0n) is 18.1. The Balaban J connectivity index is 2.11. The fraction of sp³-hybridized carbons (Fsp3) is 0.636. The molecule has 1 saturated heterocycles. The van der Waals surface area contributed by atoms with E-state index < -0.39 is 65.0 Å². The average molecular weight is 436 g/mol. The van der Waals surface area contributed by atoms with Crippen molar-refractivity contribution in [1.82, 2.24) is 0 Å². The summed E-state index contributed by atoms with van der Waals surface area (Å²) in [6.45, 7) is 3.53. The van der Waals surface area contributed by atoms with E-state index >= 15 is 0 Å². The second-order valence-electron chi connectivity index (χ2n) is 8.92. The number of cyclic esters (lactones) is 1. The smallest absolute Gasteiger partial charge is 0.310 e. The van der Waals surface area contributed by atoms with Crippen LogP contribution in [-0.4, -0.2) is 43.2 Å². The molecule has 6 atom stereocenters. The van der Waals surface area contributed by atoms with Gasteiger partial charge >= 0.3 is 23.9 Å². The fourth-order valence-electron chi connectivity index (χ4n) is 5.77. The molecule has 0 unspecified atom stereocenters. The molecule has 0 spiro atoms. The molecule has 31 heavy (non-hydrogen) atoms. The van der Waals surface area contributed by atoms with Crippen LogP contribution in [0.5, 0.6) is 0 Å². The Morgan fingerprint density at radius 2 is 1.97 bits per heavy atom. The van der Waals surface area contributed by atoms with Gasteiger partial charge in [0.15, 0.2) is 0 Å². The highest BCUT2D eigenvalue weighted by molar-refractivity contribution is 5.84. The Bertz CT molecular complexity index is 860. The average Bonchev–Trinajstić information content (AvgIpc) is 3.25.